The molecule has 136 valence electrons. The van der Waals surface area contributed by atoms with Gasteiger partial charge in [-0.2, -0.15) is 8.75 Å². The second-order valence-electron chi connectivity index (χ2n) is 6.69. The van der Waals surface area contributed by atoms with Crippen molar-refractivity contribution < 1.29 is 0 Å². The van der Waals surface area contributed by atoms with Crippen molar-refractivity contribution in [3.63, 3.8) is 0 Å². The molecule has 0 bridgehead atoms. The van der Waals surface area contributed by atoms with E-state index in [1.54, 1.807) is 29.7 Å². The standard InChI is InChI=1S/C21H9N5S3/c1-2-8-22-12(5-1)13-7-6-11-14(10-4-3-9-23-15(10)16(11)24-13)21-27-19-17-18(20(19)28-21)26-29-25-17/h1-9H. The fraction of sp³-hybridized carbons (Fsp3) is 0. The number of nitrogens with zero attached hydrogens (tertiary/aromatic N) is 5. The first-order valence-corrected chi connectivity index (χ1v) is 11.3. The van der Waals surface area contributed by atoms with Crippen molar-refractivity contribution >= 4 is 50.6 Å². The van der Waals surface area contributed by atoms with Gasteiger partial charge in [0.05, 0.1) is 48.6 Å². The number of pyridine rings is 3. The summed E-state index contributed by atoms with van der Waals surface area (Å²) in [6, 6.07) is 14.2. The van der Waals surface area contributed by atoms with Crippen molar-refractivity contribution in [3.8, 4) is 22.8 Å². The molecule has 0 unspecified atom stereocenters. The lowest BCUT2D eigenvalue weighted by atomic mass is 10.1. The van der Waals surface area contributed by atoms with Gasteiger partial charge in [0, 0.05) is 29.1 Å². The highest BCUT2D eigenvalue weighted by atomic mass is 32.2. The normalized spacial score (nSPS) is 15.7. The van der Waals surface area contributed by atoms with Crippen LogP contribution in [0.4, 0.5) is 0 Å². The van der Waals surface area contributed by atoms with Crippen LogP contribution >= 0.6 is 35.3 Å². The van der Waals surface area contributed by atoms with Crippen molar-refractivity contribution in [2.75, 3.05) is 0 Å². The molecule has 0 amide bonds. The van der Waals surface area contributed by atoms with Gasteiger partial charge in [0.2, 0.25) is 0 Å². The van der Waals surface area contributed by atoms with Crippen molar-refractivity contribution in [3.05, 3.63) is 81.6 Å². The van der Waals surface area contributed by atoms with Crippen molar-refractivity contribution in [2.24, 2.45) is 0 Å². The zero-order chi connectivity index (χ0) is 18.9. The van der Waals surface area contributed by atoms with Gasteiger partial charge in [-0.25, -0.2) is 4.98 Å². The van der Waals surface area contributed by atoms with Crippen LogP contribution in [-0.2, 0) is 0 Å². The molecule has 2 aliphatic carbocycles. The number of rotatable bonds is 1. The van der Waals surface area contributed by atoms with Crippen LogP contribution in [0.2, 0.25) is 0 Å². The minimum absolute atomic E-state index is 0.859. The Labute approximate surface area is 178 Å². The molecule has 5 heterocycles. The minimum Gasteiger partial charge on any atom is -0.255 e. The number of aromatic nitrogens is 5. The zero-order valence-corrected chi connectivity index (χ0v) is 17.1. The average molecular weight is 428 g/mol. The molecule has 29 heavy (non-hydrogen) atoms. The SMILES string of the molecule is c1ccc(-c2ccc3c(n2)-c2ncccc2C3=C2SC3=C(S2)c2nsnc23)nc1. The van der Waals surface area contributed by atoms with Gasteiger partial charge < -0.3 is 0 Å². The molecule has 1 aliphatic heterocycles. The Balaban J connectivity index is 1.40. The molecule has 3 aliphatic rings. The molecule has 0 fully saturated rings. The van der Waals surface area contributed by atoms with E-state index in [1.807, 2.05) is 36.5 Å². The summed E-state index contributed by atoms with van der Waals surface area (Å²) in [5, 5.41) is 0. The van der Waals surface area contributed by atoms with Gasteiger partial charge >= 0.3 is 0 Å². The first-order chi connectivity index (χ1) is 14.4. The summed E-state index contributed by atoms with van der Waals surface area (Å²) < 4.78 is 10.1. The third kappa shape index (κ3) is 2.16. The van der Waals surface area contributed by atoms with E-state index < -0.39 is 0 Å². The molecule has 0 N–H and O–H groups in total. The van der Waals surface area contributed by atoms with E-state index >= 15 is 0 Å². The summed E-state index contributed by atoms with van der Waals surface area (Å²) in [7, 11) is 0. The van der Waals surface area contributed by atoms with E-state index in [0.717, 1.165) is 45.3 Å². The Morgan fingerprint density at radius 1 is 0.621 bits per heavy atom. The lowest BCUT2D eigenvalue weighted by molar-refractivity contribution is 1.22. The van der Waals surface area contributed by atoms with Gasteiger partial charge in [0.15, 0.2) is 0 Å². The highest BCUT2D eigenvalue weighted by molar-refractivity contribution is 8.35. The Kier molecular flexibility index (Phi) is 3.24. The third-order valence-corrected chi connectivity index (χ3v) is 8.25. The molecule has 5 nitrogen and oxygen atoms in total. The average Bonchev–Trinajstić information content (AvgIpc) is 3.44. The van der Waals surface area contributed by atoms with Gasteiger partial charge in [-0.05, 0) is 30.3 Å². The van der Waals surface area contributed by atoms with Crippen LogP contribution in [0.1, 0.15) is 22.5 Å². The van der Waals surface area contributed by atoms with Crippen LogP contribution in [-0.4, -0.2) is 23.7 Å². The molecule has 4 aromatic rings. The number of fused-ring (bicyclic) bond motifs is 6. The summed E-state index contributed by atoms with van der Waals surface area (Å²) >= 11 is 4.87. The second-order valence-corrected chi connectivity index (χ2v) is 9.52. The maximum absolute atomic E-state index is 4.96. The van der Waals surface area contributed by atoms with Gasteiger partial charge in [0.25, 0.3) is 0 Å². The van der Waals surface area contributed by atoms with E-state index in [-0.39, 0.29) is 0 Å². The molecule has 0 saturated carbocycles. The summed E-state index contributed by atoms with van der Waals surface area (Å²) in [6.45, 7) is 0. The maximum atomic E-state index is 4.96. The molecule has 8 heteroatoms. The fourth-order valence-corrected chi connectivity index (χ4v) is 7.26. The molecule has 4 aromatic heterocycles. The summed E-state index contributed by atoms with van der Waals surface area (Å²) in [4.78, 5) is 16.6. The van der Waals surface area contributed by atoms with Crippen molar-refractivity contribution in [1.82, 2.24) is 23.7 Å². The number of hydrogen-bond donors (Lipinski definition) is 0. The van der Waals surface area contributed by atoms with Gasteiger partial charge in [-0.3, -0.25) is 9.97 Å². The van der Waals surface area contributed by atoms with E-state index in [1.165, 1.54) is 31.3 Å². The van der Waals surface area contributed by atoms with Crippen molar-refractivity contribution in [2.45, 2.75) is 0 Å². The van der Waals surface area contributed by atoms with Crippen molar-refractivity contribution in [1.29, 1.82) is 0 Å². The van der Waals surface area contributed by atoms with Gasteiger partial charge in [-0.1, -0.05) is 35.7 Å². The van der Waals surface area contributed by atoms with Crippen LogP contribution in [0.3, 0.4) is 0 Å². The molecule has 0 atom stereocenters. The van der Waals surface area contributed by atoms with E-state index in [2.05, 4.69) is 30.8 Å². The maximum Gasteiger partial charge on any atom is 0.121 e. The van der Waals surface area contributed by atoms with Crippen LogP contribution < -0.4 is 0 Å². The van der Waals surface area contributed by atoms with Crippen LogP contribution in [0, 0.1) is 0 Å². The first kappa shape index (κ1) is 16.0. The van der Waals surface area contributed by atoms with E-state index in [9.17, 15) is 0 Å². The molecule has 0 aromatic carbocycles. The Morgan fingerprint density at radius 2 is 1.41 bits per heavy atom. The predicted octanol–water partition coefficient (Wildman–Crippen LogP) is 5.41. The topological polar surface area (TPSA) is 64.5 Å². The minimum atomic E-state index is 0.859. The summed E-state index contributed by atoms with van der Waals surface area (Å²) in [5.41, 5.74) is 9.14. The molecule has 0 spiro atoms. The molecule has 0 radical (unpaired) electrons. The highest BCUT2D eigenvalue weighted by Gasteiger charge is 2.41. The zero-order valence-electron chi connectivity index (χ0n) is 14.7. The third-order valence-electron chi connectivity index (χ3n) is 5.11. The molecular formula is C21H9N5S3. The lowest BCUT2D eigenvalue weighted by Crippen LogP contribution is -1.96. The smallest absolute Gasteiger partial charge is 0.121 e. The monoisotopic (exact) mass is 427 g/mol. The Bertz CT molecular complexity index is 1370. The first-order valence-electron chi connectivity index (χ1n) is 8.94. The quantitative estimate of drug-likeness (QED) is 0.354. The number of hydrogen-bond acceptors (Lipinski definition) is 8. The number of thioether (sulfide) groups is 2. The summed E-state index contributed by atoms with van der Waals surface area (Å²) in [5.74, 6) is 0. The summed E-state index contributed by atoms with van der Waals surface area (Å²) in [6.07, 6.45) is 3.62. The second kappa shape index (κ2) is 5.85. The fourth-order valence-electron chi connectivity index (χ4n) is 3.80. The Hall–Kier alpha value is -2.81. The molecule has 0 saturated heterocycles. The Morgan fingerprint density at radius 3 is 2.21 bits per heavy atom. The van der Waals surface area contributed by atoms with Gasteiger partial charge in [0.1, 0.15) is 11.4 Å². The van der Waals surface area contributed by atoms with Gasteiger partial charge in [-0.15, -0.1) is 0 Å². The van der Waals surface area contributed by atoms with E-state index in [4.69, 9.17) is 4.98 Å². The van der Waals surface area contributed by atoms with Crippen LogP contribution in [0.5, 0.6) is 0 Å². The molecular weight excluding hydrogens is 418 g/mol. The van der Waals surface area contributed by atoms with Crippen LogP contribution in [0.25, 0.3) is 38.2 Å². The van der Waals surface area contributed by atoms with E-state index in [0.29, 0.717) is 0 Å². The van der Waals surface area contributed by atoms with Crippen LogP contribution in [0.15, 0.2) is 59.1 Å². The lowest BCUT2D eigenvalue weighted by Gasteiger charge is -2.09. The largest absolute Gasteiger partial charge is 0.255 e. The molecule has 7 rings (SSSR count). The predicted molar refractivity (Wildman–Crippen MR) is 119 cm³/mol. The highest BCUT2D eigenvalue weighted by Crippen LogP contribution is 2.66.